The van der Waals surface area contributed by atoms with E-state index in [0.29, 0.717) is 13.0 Å². The predicted molar refractivity (Wildman–Crippen MR) is 65.4 cm³/mol. The Balaban J connectivity index is 2.10. The fourth-order valence-electron chi connectivity index (χ4n) is 1.93. The van der Waals surface area contributed by atoms with Crippen molar-refractivity contribution < 1.29 is 14.3 Å². The van der Waals surface area contributed by atoms with E-state index >= 15 is 0 Å². The van der Waals surface area contributed by atoms with Crippen LogP contribution in [0.1, 0.15) is 18.9 Å². The molecule has 1 heterocycles. The fourth-order valence-corrected chi connectivity index (χ4v) is 1.93. The summed E-state index contributed by atoms with van der Waals surface area (Å²) >= 11 is 0. The van der Waals surface area contributed by atoms with Crippen molar-refractivity contribution in [2.24, 2.45) is 0 Å². The van der Waals surface area contributed by atoms with Crippen LogP contribution in [0.25, 0.3) is 0 Å². The zero-order valence-electron chi connectivity index (χ0n) is 10.2. The smallest absolute Gasteiger partial charge is 0.224 e. The number of amides is 1. The molecule has 1 amide bonds. The van der Waals surface area contributed by atoms with E-state index in [1.807, 2.05) is 25.1 Å². The maximum absolute atomic E-state index is 11.3. The van der Waals surface area contributed by atoms with Gasteiger partial charge >= 0.3 is 0 Å². The summed E-state index contributed by atoms with van der Waals surface area (Å²) in [7, 11) is 1.65. The number of benzene rings is 1. The summed E-state index contributed by atoms with van der Waals surface area (Å²) in [6.07, 6.45) is 1.36. The molecule has 1 aliphatic heterocycles. The molecule has 0 saturated heterocycles. The van der Waals surface area contributed by atoms with E-state index in [4.69, 9.17) is 9.47 Å². The van der Waals surface area contributed by atoms with E-state index in [-0.39, 0.29) is 12.0 Å². The lowest BCUT2D eigenvalue weighted by Crippen LogP contribution is -2.20. The van der Waals surface area contributed by atoms with Crippen molar-refractivity contribution >= 4 is 11.6 Å². The third-order valence-corrected chi connectivity index (χ3v) is 2.72. The van der Waals surface area contributed by atoms with Crippen molar-refractivity contribution in [3.63, 3.8) is 0 Å². The van der Waals surface area contributed by atoms with Crippen molar-refractivity contribution in [1.29, 1.82) is 0 Å². The van der Waals surface area contributed by atoms with Gasteiger partial charge in [-0.2, -0.15) is 0 Å². The molecular weight excluding hydrogens is 218 g/mol. The first-order chi connectivity index (χ1) is 8.19. The van der Waals surface area contributed by atoms with E-state index in [1.54, 1.807) is 7.11 Å². The van der Waals surface area contributed by atoms with Crippen molar-refractivity contribution in [3.05, 3.63) is 23.8 Å². The van der Waals surface area contributed by atoms with Crippen LogP contribution in [-0.2, 0) is 16.0 Å². The number of fused-ring (bicyclic) bond motifs is 1. The van der Waals surface area contributed by atoms with Gasteiger partial charge < -0.3 is 14.8 Å². The molecule has 0 fully saturated rings. The molecule has 17 heavy (non-hydrogen) atoms. The monoisotopic (exact) mass is 235 g/mol. The lowest BCUT2D eigenvalue weighted by atomic mass is 10.0. The van der Waals surface area contributed by atoms with Crippen LogP contribution < -0.4 is 10.1 Å². The van der Waals surface area contributed by atoms with Crippen LogP contribution in [0.15, 0.2) is 18.2 Å². The fraction of sp³-hybridized carbons (Fsp3) is 0.462. The molecule has 0 aliphatic carbocycles. The van der Waals surface area contributed by atoms with Gasteiger partial charge in [0.15, 0.2) is 0 Å². The second kappa shape index (κ2) is 5.19. The summed E-state index contributed by atoms with van der Waals surface area (Å²) in [5.74, 6) is 0.829. The molecule has 0 bridgehead atoms. The highest BCUT2D eigenvalue weighted by atomic mass is 16.5. The Morgan fingerprint density at radius 3 is 3.00 bits per heavy atom. The largest absolute Gasteiger partial charge is 0.488 e. The second-order valence-corrected chi connectivity index (χ2v) is 4.25. The van der Waals surface area contributed by atoms with Crippen molar-refractivity contribution in [2.75, 3.05) is 19.0 Å². The number of hydrogen-bond donors (Lipinski definition) is 1. The Morgan fingerprint density at radius 2 is 2.24 bits per heavy atom. The minimum atomic E-state index is -0.00246. The van der Waals surface area contributed by atoms with Crippen LogP contribution in [0.2, 0.25) is 0 Å². The Hall–Kier alpha value is -1.55. The number of methoxy groups -OCH3 is 1. The average Bonchev–Trinajstić information content (AvgIpc) is 2.28. The lowest BCUT2D eigenvalue weighted by Gasteiger charge is -2.19. The van der Waals surface area contributed by atoms with Crippen LogP contribution in [0.4, 0.5) is 5.69 Å². The van der Waals surface area contributed by atoms with Crippen molar-refractivity contribution in [1.82, 2.24) is 0 Å². The summed E-state index contributed by atoms with van der Waals surface area (Å²) in [6.45, 7) is 2.49. The number of anilines is 1. The standard InChI is InChI=1S/C13H17NO3/c1-9(8-16-2)17-11-5-3-10-4-6-13(15)14-12(10)7-11/h3,5,7,9H,4,6,8H2,1-2H3,(H,14,15). The first kappa shape index (κ1) is 11.9. The van der Waals surface area contributed by atoms with E-state index in [0.717, 1.165) is 23.4 Å². The minimum Gasteiger partial charge on any atom is -0.488 e. The quantitative estimate of drug-likeness (QED) is 0.868. The molecular formula is C13H17NO3. The molecule has 0 aromatic heterocycles. The molecule has 92 valence electrons. The number of aryl methyl sites for hydroxylation is 1. The highest BCUT2D eigenvalue weighted by molar-refractivity contribution is 5.94. The summed E-state index contributed by atoms with van der Waals surface area (Å²) < 4.78 is 10.7. The van der Waals surface area contributed by atoms with Crippen LogP contribution in [0, 0.1) is 0 Å². The Kier molecular flexibility index (Phi) is 3.64. The van der Waals surface area contributed by atoms with Crippen LogP contribution in [0.5, 0.6) is 5.75 Å². The van der Waals surface area contributed by atoms with Gasteiger partial charge in [0.1, 0.15) is 11.9 Å². The minimum absolute atomic E-state index is 0.00246. The van der Waals surface area contributed by atoms with Gasteiger partial charge in [-0.25, -0.2) is 0 Å². The molecule has 1 unspecified atom stereocenters. The van der Waals surface area contributed by atoms with Crippen molar-refractivity contribution in [2.45, 2.75) is 25.9 Å². The van der Waals surface area contributed by atoms with E-state index in [2.05, 4.69) is 5.32 Å². The third kappa shape index (κ3) is 2.97. The van der Waals surface area contributed by atoms with Gasteiger partial charge in [0, 0.05) is 25.3 Å². The Labute approximate surface area is 101 Å². The summed E-state index contributed by atoms with van der Waals surface area (Å²) in [6, 6.07) is 5.81. The lowest BCUT2D eigenvalue weighted by molar-refractivity contribution is -0.116. The molecule has 0 saturated carbocycles. The summed E-state index contributed by atoms with van der Waals surface area (Å²) in [4.78, 5) is 11.3. The maximum atomic E-state index is 11.3. The molecule has 0 radical (unpaired) electrons. The average molecular weight is 235 g/mol. The molecule has 2 rings (SSSR count). The van der Waals surface area contributed by atoms with Crippen LogP contribution in [-0.4, -0.2) is 25.7 Å². The van der Waals surface area contributed by atoms with E-state index < -0.39 is 0 Å². The molecule has 1 aliphatic rings. The predicted octanol–water partition coefficient (Wildman–Crippen LogP) is 1.98. The molecule has 1 aromatic rings. The maximum Gasteiger partial charge on any atom is 0.224 e. The zero-order valence-corrected chi connectivity index (χ0v) is 10.2. The number of carbonyl (C=O) groups is 1. The number of ether oxygens (including phenoxy) is 2. The van der Waals surface area contributed by atoms with Gasteiger partial charge in [-0.3, -0.25) is 4.79 Å². The van der Waals surface area contributed by atoms with Crippen LogP contribution >= 0.6 is 0 Å². The van der Waals surface area contributed by atoms with Gasteiger partial charge in [-0.05, 0) is 25.0 Å². The van der Waals surface area contributed by atoms with Gasteiger partial charge in [-0.1, -0.05) is 6.07 Å². The first-order valence-corrected chi connectivity index (χ1v) is 5.77. The number of rotatable bonds is 4. The van der Waals surface area contributed by atoms with Gasteiger partial charge in [0.25, 0.3) is 0 Å². The molecule has 4 heteroatoms. The third-order valence-electron chi connectivity index (χ3n) is 2.72. The van der Waals surface area contributed by atoms with Crippen LogP contribution in [0.3, 0.4) is 0 Å². The second-order valence-electron chi connectivity index (χ2n) is 4.25. The molecule has 0 spiro atoms. The van der Waals surface area contributed by atoms with Gasteiger partial charge in [0.2, 0.25) is 5.91 Å². The van der Waals surface area contributed by atoms with Gasteiger partial charge in [-0.15, -0.1) is 0 Å². The zero-order chi connectivity index (χ0) is 12.3. The molecule has 4 nitrogen and oxygen atoms in total. The molecule has 1 atom stereocenters. The highest BCUT2D eigenvalue weighted by Crippen LogP contribution is 2.27. The highest BCUT2D eigenvalue weighted by Gasteiger charge is 2.15. The summed E-state index contributed by atoms with van der Waals surface area (Å²) in [5.41, 5.74) is 2.03. The Bertz CT molecular complexity index is 417. The first-order valence-electron chi connectivity index (χ1n) is 5.77. The van der Waals surface area contributed by atoms with E-state index in [9.17, 15) is 4.79 Å². The van der Waals surface area contributed by atoms with Crippen molar-refractivity contribution in [3.8, 4) is 5.75 Å². The number of carbonyl (C=O) groups excluding carboxylic acids is 1. The number of hydrogen-bond acceptors (Lipinski definition) is 3. The SMILES string of the molecule is COCC(C)Oc1ccc2c(c1)NC(=O)CC2. The number of nitrogens with one attached hydrogen (secondary N) is 1. The molecule has 1 aromatic carbocycles. The van der Waals surface area contributed by atoms with E-state index in [1.165, 1.54) is 0 Å². The summed E-state index contributed by atoms with van der Waals surface area (Å²) in [5, 5.41) is 2.86. The van der Waals surface area contributed by atoms with Gasteiger partial charge in [0.05, 0.1) is 6.61 Å². The topological polar surface area (TPSA) is 47.6 Å². The molecule has 1 N–H and O–H groups in total. The Morgan fingerprint density at radius 1 is 1.41 bits per heavy atom. The normalized spacial score (nSPS) is 16.0.